The van der Waals surface area contributed by atoms with Crippen LogP contribution in [0.3, 0.4) is 0 Å². The molecule has 2 heteroatoms. The SMILES string of the molecule is c1ccc(-c2cccc(-c3ccc(N(c4ccc(-c5ccc6c(c5)oc5ccccc56)cc4)c4ccc(-c5cccc6ccccc56)cc4)cc3)c2)cc1. The van der Waals surface area contributed by atoms with Gasteiger partial charge in [0.05, 0.1) is 0 Å². The molecule has 0 atom stereocenters. The van der Waals surface area contributed by atoms with Gasteiger partial charge in [-0.3, -0.25) is 0 Å². The topological polar surface area (TPSA) is 16.4 Å². The number of para-hydroxylation sites is 1. The lowest BCUT2D eigenvalue weighted by Gasteiger charge is -2.26. The van der Waals surface area contributed by atoms with Gasteiger partial charge in [0.1, 0.15) is 11.2 Å². The Labute approximate surface area is 314 Å². The fraction of sp³-hybridized carbons (Fsp3) is 0. The Morgan fingerprint density at radius 3 is 1.43 bits per heavy atom. The van der Waals surface area contributed by atoms with Crippen molar-refractivity contribution in [2.75, 3.05) is 4.90 Å². The minimum absolute atomic E-state index is 0.903. The fourth-order valence-corrected chi connectivity index (χ4v) is 7.73. The molecule has 1 aromatic heterocycles. The van der Waals surface area contributed by atoms with Gasteiger partial charge in [-0.2, -0.15) is 0 Å². The van der Waals surface area contributed by atoms with Crippen LogP contribution in [0.25, 0.3) is 77.2 Å². The van der Waals surface area contributed by atoms with Gasteiger partial charge in [0.2, 0.25) is 0 Å². The summed E-state index contributed by atoms with van der Waals surface area (Å²) in [6.07, 6.45) is 0. The predicted molar refractivity (Wildman–Crippen MR) is 228 cm³/mol. The van der Waals surface area contributed by atoms with Gasteiger partial charge in [0.25, 0.3) is 0 Å². The van der Waals surface area contributed by atoms with Gasteiger partial charge < -0.3 is 9.32 Å². The predicted octanol–water partition coefficient (Wildman–Crippen LogP) is 14.9. The van der Waals surface area contributed by atoms with Crippen LogP contribution < -0.4 is 4.90 Å². The molecule has 54 heavy (non-hydrogen) atoms. The number of rotatable bonds is 7. The zero-order valence-corrected chi connectivity index (χ0v) is 29.6. The maximum atomic E-state index is 6.22. The van der Waals surface area contributed by atoms with E-state index in [1.54, 1.807) is 0 Å². The van der Waals surface area contributed by atoms with Crippen LogP contribution in [0.15, 0.2) is 217 Å². The molecule has 0 N–H and O–H groups in total. The van der Waals surface area contributed by atoms with Gasteiger partial charge in [-0.15, -0.1) is 0 Å². The molecule has 0 spiro atoms. The highest BCUT2D eigenvalue weighted by Gasteiger charge is 2.15. The number of nitrogens with zero attached hydrogens (tertiary/aromatic N) is 1. The van der Waals surface area contributed by atoms with Crippen LogP contribution in [0.5, 0.6) is 0 Å². The van der Waals surface area contributed by atoms with Crippen LogP contribution >= 0.6 is 0 Å². The normalized spacial score (nSPS) is 11.3. The summed E-state index contributed by atoms with van der Waals surface area (Å²) in [5, 5.41) is 4.79. The molecule has 9 aromatic carbocycles. The summed E-state index contributed by atoms with van der Waals surface area (Å²) < 4.78 is 6.22. The third-order valence-electron chi connectivity index (χ3n) is 10.5. The lowest BCUT2D eigenvalue weighted by atomic mass is 9.97. The standard InChI is InChI=1S/C52H35NO/c1-2-10-36(11-3-1)41-14-8-15-42(34-41)37-20-27-44(28-21-37)53(46-31-24-40(25-32-46)48-18-9-13-39-12-4-5-16-47(39)48)45-29-22-38(23-30-45)43-26-33-50-49-17-6-7-19-51(49)54-52(50)35-43/h1-35H. The quantitative estimate of drug-likeness (QED) is 0.166. The summed E-state index contributed by atoms with van der Waals surface area (Å²) in [6.45, 7) is 0. The number of fused-ring (bicyclic) bond motifs is 4. The number of hydrogen-bond donors (Lipinski definition) is 0. The van der Waals surface area contributed by atoms with Crippen molar-refractivity contribution in [2.45, 2.75) is 0 Å². The second-order valence-corrected chi connectivity index (χ2v) is 13.8. The van der Waals surface area contributed by atoms with Crippen molar-refractivity contribution in [3.8, 4) is 44.5 Å². The Hall–Kier alpha value is -7.16. The van der Waals surface area contributed by atoms with Crippen LogP contribution in [-0.4, -0.2) is 0 Å². The van der Waals surface area contributed by atoms with Crippen LogP contribution in [0, 0.1) is 0 Å². The first-order valence-corrected chi connectivity index (χ1v) is 18.4. The minimum atomic E-state index is 0.903. The highest BCUT2D eigenvalue weighted by molar-refractivity contribution is 6.06. The largest absolute Gasteiger partial charge is 0.456 e. The van der Waals surface area contributed by atoms with Crippen molar-refractivity contribution >= 4 is 49.8 Å². The molecule has 0 radical (unpaired) electrons. The Kier molecular flexibility index (Phi) is 7.85. The highest BCUT2D eigenvalue weighted by atomic mass is 16.3. The van der Waals surface area contributed by atoms with Crippen molar-refractivity contribution in [1.29, 1.82) is 0 Å². The molecule has 0 fully saturated rings. The number of hydrogen-bond acceptors (Lipinski definition) is 2. The molecule has 1 heterocycles. The molecule has 0 bridgehead atoms. The van der Waals surface area contributed by atoms with Gasteiger partial charge in [0.15, 0.2) is 0 Å². The number of benzene rings is 9. The first-order chi connectivity index (χ1) is 26.7. The van der Waals surface area contributed by atoms with Crippen molar-refractivity contribution in [3.05, 3.63) is 212 Å². The van der Waals surface area contributed by atoms with Crippen molar-refractivity contribution in [3.63, 3.8) is 0 Å². The Morgan fingerprint density at radius 1 is 0.278 bits per heavy atom. The minimum Gasteiger partial charge on any atom is -0.456 e. The second-order valence-electron chi connectivity index (χ2n) is 13.8. The Morgan fingerprint density at radius 2 is 0.741 bits per heavy atom. The van der Waals surface area contributed by atoms with E-state index in [9.17, 15) is 0 Å². The maximum Gasteiger partial charge on any atom is 0.136 e. The molecule has 0 aliphatic rings. The molecule has 10 aromatic rings. The zero-order valence-electron chi connectivity index (χ0n) is 29.6. The van der Waals surface area contributed by atoms with Gasteiger partial charge in [-0.05, 0) is 116 Å². The summed E-state index contributed by atoms with van der Waals surface area (Å²) in [5.41, 5.74) is 14.6. The molecule has 0 unspecified atom stereocenters. The smallest absolute Gasteiger partial charge is 0.136 e. The second kappa shape index (κ2) is 13.4. The Balaban J connectivity index is 1.02. The molecule has 0 saturated carbocycles. The molecular weight excluding hydrogens is 655 g/mol. The average Bonchev–Trinajstić information content (AvgIpc) is 3.63. The number of furan rings is 1. The molecule has 0 saturated heterocycles. The lowest BCUT2D eigenvalue weighted by Crippen LogP contribution is -2.09. The molecule has 0 amide bonds. The molecule has 0 aliphatic heterocycles. The van der Waals surface area contributed by atoms with E-state index >= 15 is 0 Å². The van der Waals surface area contributed by atoms with E-state index in [2.05, 4.69) is 205 Å². The highest BCUT2D eigenvalue weighted by Crippen LogP contribution is 2.39. The van der Waals surface area contributed by atoms with Gasteiger partial charge in [-0.1, -0.05) is 152 Å². The van der Waals surface area contributed by atoms with E-state index in [0.29, 0.717) is 0 Å². The van der Waals surface area contributed by atoms with E-state index in [4.69, 9.17) is 4.42 Å². The van der Waals surface area contributed by atoms with Crippen molar-refractivity contribution < 1.29 is 4.42 Å². The molecule has 10 rings (SSSR count). The van der Waals surface area contributed by atoms with E-state index < -0.39 is 0 Å². The van der Waals surface area contributed by atoms with Gasteiger partial charge in [0, 0.05) is 27.8 Å². The Bertz CT molecular complexity index is 2900. The monoisotopic (exact) mass is 689 g/mol. The molecule has 0 aliphatic carbocycles. The van der Waals surface area contributed by atoms with E-state index in [1.165, 1.54) is 44.2 Å². The van der Waals surface area contributed by atoms with E-state index in [1.807, 2.05) is 12.1 Å². The van der Waals surface area contributed by atoms with Gasteiger partial charge >= 0.3 is 0 Å². The van der Waals surface area contributed by atoms with Gasteiger partial charge in [-0.25, -0.2) is 0 Å². The van der Waals surface area contributed by atoms with Crippen LogP contribution in [0.1, 0.15) is 0 Å². The van der Waals surface area contributed by atoms with Crippen molar-refractivity contribution in [1.82, 2.24) is 0 Å². The van der Waals surface area contributed by atoms with Crippen molar-refractivity contribution in [2.24, 2.45) is 0 Å². The first kappa shape index (κ1) is 31.6. The van der Waals surface area contributed by atoms with Crippen LogP contribution in [0.4, 0.5) is 17.1 Å². The molecule has 2 nitrogen and oxygen atoms in total. The van der Waals surface area contributed by atoms with E-state index in [-0.39, 0.29) is 0 Å². The fourth-order valence-electron chi connectivity index (χ4n) is 7.73. The van der Waals surface area contributed by atoms with Crippen LogP contribution in [-0.2, 0) is 0 Å². The third kappa shape index (κ3) is 5.81. The van der Waals surface area contributed by atoms with Crippen LogP contribution in [0.2, 0.25) is 0 Å². The summed E-state index contributed by atoms with van der Waals surface area (Å²) in [7, 11) is 0. The van der Waals surface area contributed by atoms with E-state index in [0.717, 1.165) is 50.1 Å². The summed E-state index contributed by atoms with van der Waals surface area (Å²) in [5.74, 6) is 0. The molecular formula is C52H35NO. The molecule has 254 valence electrons. The summed E-state index contributed by atoms with van der Waals surface area (Å²) >= 11 is 0. The summed E-state index contributed by atoms with van der Waals surface area (Å²) in [6, 6.07) is 75.9. The third-order valence-corrected chi connectivity index (χ3v) is 10.5. The first-order valence-electron chi connectivity index (χ1n) is 18.4. The average molecular weight is 690 g/mol. The lowest BCUT2D eigenvalue weighted by molar-refractivity contribution is 0.669. The maximum absolute atomic E-state index is 6.22. The zero-order chi connectivity index (χ0) is 35.8. The number of anilines is 3. The summed E-state index contributed by atoms with van der Waals surface area (Å²) in [4.78, 5) is 2.34.